The Labute approximate surface area is 112 Å². The summed E-state index contributed by atoms with van der Waals surface area (Å²) in [7, 11) is 0. The van der Waals surface area contributed by atoms with Gasteiger partial charge in [0.15, 0.2) is 0 Å². The van der Waals surface area contributed by atoms with Crippen LogP contribution < -0.4 is 5.32 Å². The van der Waals surface area contributed by atoms with Crippen molar-refractivity contribution < 1.29 is 0 Å². The van der Waals surface area contributed by atoms with E-state index in [9.17, 15) is 0 Å². The molecule has 1 aliphatic carbocycles. The summed E-state index contributed by atoms with van der Waals surface area (Å²) >= 11 is 0. The maximum atomic E-state index is 3.67. The molecule has 0 amide bonds. The first-order valence-electron chi connectivity index (χ1n) is 7.41. The summed E-state index contributed by atoms with van der Waals surface area (Å²) in [5.41, 5.74) is 2.93. The monoisotopic (exact) mass is 245 g/mol. The van der Waals surface area contributed by atoms with Crippen molar-refractivity contribution in [2.45, 2.75) is 58.4 Å². The van der Waals surface area contributed by atoms with Gasteiger partial charge in [0.2, 0.25) is 0 Å². The molecule has 1 saturated carbocycles. The van der Waals surface area contributed by atoms with Crippen molar-refractivity contribution in [3.05, 3.63) is 35.4 Å². The maximum Gasteiger partial charge on any atom is 0.00684 e. The standard InChI is InChI=1S/C17H27N/c1-12(2)14-5-7-15(8-6-14)17(13(3)4)11-18-16-9-10-16/h5-8,12-13,16-18H,9-11H2,1-4H3. The highest BCUT2D eigenvalue weighted by atomic mass is 14.9. The molecule has 0 bridgehead atoms. The third-order valence-electron chi connectivity index (χ3n) is 4.04. The molecular formula is C17H27N. The van der Waals surface area contributed by atoms with E-state index in [1.165, 1.54) is 24.0 Å². The van der Waals surface area contributed by atoms with Gasteiger partial charge < -0.3 is 5.32 Å². The average molecular weight is 245 g/mol. The summed E-state index contributed by atoms with van der Waals surface area (Å²) in [5.74, 6) is 1.97. The summed E-state index contributed by atoms with van der Waals surface area (Å²) in [4.78, 5) is 0. The number of benzene rings is 1. The van der Waals surface area contributed by atoms with Gasteiger partial charge in [-0.25, -0.2) is 0 Å². The number of nitrogens with one attached hydrogen (secondary N) is 1. The van der Waals surface area contributed by atoms with Crippen molar-refractivity contribution >= 4 is 0 Å². The van der Waals surface area contributed by atoms with E-state index in [1.54, 1.807) is 0 Å². The van der Waals surface area contributed by atoms with Crippen LogP contribution in [0.3, 0.4) is 0 Å². The molecule has 0 spiro atoms. The van der Waals surface area contributed by atoms with Crippen LogP contribution >= 0.6 is 0 Å². The lowest BCUT2D eigenvalue weighted by Crippen LogP contribution is -2.26. The first kappa shape index (κ1) is 13.6. The maximum absolute atomic E-state index is 3.67. The van der Waals surface area contributed by atoms with Crippen LogP contribution in [0.15, 0.2) is 24.3 Å². The largest absolute Gasteiger partial charge is 0.313 e. The number of hydrogen-bond acceptors (Lipinski definition) is 1. The Bertz CT molecular complexity index is 360. The van der Waals surface area contributed by atoms with E-state index >= 15 is 0 Å². The Kier molecular flexibility index (Phi) is 4.45. The minimum Gasteiger partial charge on any atom is -0.313 e. The minimum atomic E-state index is 0.626. The molecule has 0 heterocycles. The fourth-order valence-electron chi connectivity index (χ4n) is 2.45. The van der Waals surface area contributed by atoms with Crippen molar-refractivity contribution in [2.24, 2.45) is 5.92 Å². The molecule has 100 valence electrons. The molecule has 18 heavy (non-hydrogen) atoms. The smallest absolute Gasteiger partial charge is 0.00684 e. The predicted octanol–water partition coefficient (Wildman–Crippen LogP) is 4.30. The van der Waals surface area contributed by atoms with Gasteiger partial charge in [-0.1, -0.05) is 52.0 Å². The van der Waals surface area contributed by atoms with Crippen LogP contribution in [-0.4, -0.2) is 12.6 Å². The van der Waals surface area contributed by atoms with Crippen molar-refractivity contribution in [2.75, 3.05) is 6.54 Å². The first-order valence-corrected chi connectivity index (χ1v) is 7.41. The Morgan fingerprint density at radius 2 is 1.56 bits per heavy atom. The molecule has 0 aliphatic heterocycles. The van der Waals surface area contributed by atoms with Crippen LogP contribution in [0.2, 0.25) is 0 Å². The fourth-order valence-corrected chi connectivity index (χ4v) is 2.45. The zero-order chi connectivity index (χ0) is 13.1. The second kappa shape index (κ2) is 5.88. The molecule has 1 aromatic rings. The zero-order valence-electron chi connectivity index (χ0n) is 12.2. The molecule has 0 saturated heterocycles. The molecule has 1 nitrogen and oxygen atoms in total. The van der Waals surface area contributed by atoms with Gasteiger partial charge in [0.1, 0.15) is 0 Å². The summed E-state index contributed by atoms with van der Waals surface area (Å²) < 4.78 is 0. The first-order chi connectivity index (χ1) is 8.58. The van der Waals surface area contributed by atoms with Crippen molar-refractivity contribution in [1.82, 2.24) is 5.32 Å². The average Bonchev–Trinajstić information content (AvgIpc) is 3.13. The molecule has 1 heteroatoms. The quantitative estimate of drug-likeness (QED) is 0.788. The van der Waals surface area contributed by atoms with Crippen LogP contribution in [-0.2, 0) is 0 Å². The summed E-state index contributed by atoms with van der Waals surface area (Å²) in [6, 6.07) is 10.1. The number of rotatable bonds is 6. The summed E-state index contributed by atoms with van der Waals surface area (Å²) in [6.07, 6.45) is 2.74. The van der Waals surface area contributed by atoms with Gasteiger partial charge in [-0.2, -0.15) is 0 Å². The Hall–Kier alpha value is -0.820. The normalized spacial score (nSPS) is 17.4. The van der Waals surface area contributed by atoms with E-state index in [-0.39, 0.29) is 0 Å². The minimum absolute atomic E-state index is 0.626. The molecule has 0 aromatic heterocycles. The molecule has 0 radical (unpaired) electrons. The molecule has 2 rings (SSSR count). The van der Waals surface area contributed by atoms with Crippen LogP contribution in [0, 0.1) is 5.92 Å². The van der Waals surface area contributed by atoms with Crippen LogP contribution in [0.1, 0.15) is 63.5 Å². The molecule has 1 N–H and O–H groups in total. The third kappa shape index (κ3) is 3.58. The molecule has 1 aromatic carbocycles. The highest BCUT2D eigenvalue weighted by Gasteiger charge is 2.23. The van der Waals surface area contributed by atoms with Crippen LogP contribution in [0.25, 0.3) is 0 Å². The van der Waals surface area contributed by atoms with Crippen LogP contribution in [0.5, 0.6) is 0 Å². The second-order valence-corrected chi connectivity index (χ2v) is 6.35. The molecular weight excluding hydrogens is 218 g/mol. The van der Waals surface area contributed by atoms with Crippen molar-refractivity contribution in [3.63, 3.8) is 0 Å². The number of hydrogen-bond donors (Lipinski definition) is 1. The SMILES string of the molecule is CC(C)c1ccc(C(CNC2CC2)C(C)C)cc1. The lowest BCUT2D eigenvalue weighted by atomic mass is 9.87. The molecule has 1 aliphatic rings. The summed E-state index contributed by atoms with van der Waals surface area (Å²) in [5, 5.41) is 3.67. The van der Waals surface area contributed by atoms with Crippen LogP contribution in [0.4, 0.5) is 0 Å². The van der Waals surface area contributed by atoms with Gasteiger partial charge in [0, 0.05) is 12.6 Å². The van der Waals surface area contributed by atoms with Gasteiger partial charge >= 0.3 is 0 Å². The fraction of sp³-hybridized carbons (Fsp3) is 0.647. The topological polar surface area (TPSA) is 12.0 Å². The second-order valence-electron chi connectivity index (χ2n) is 6.35. The highest BCUT2D eigenvalue weighted by molar-refractivity contribution is 5.27. The Balaban J connectivity index is 2.03. The Morgan fingerprint density at radius 1 is 1.00 bits per heavy atom. The van der Waals surface area contributed by atoms with E-state index in [1.807, 2.05) is 0 Å². The van der Waals surface area contributed by atoms with Gasteiger partial charge in [-0.3, -0.25) is 0 Å². The van der Waals surface area contributed by atoms with Gasteiger partial charge in [-0.05, 0) is 41.7 Å². The van der Waals surface area contributed by atoms with E-state index in [0.29, 0.717) is 17.8 Å². The third-order valence-corrected chi connectivity index (χ3v) is 4.04. The molecule has 1 fully saturated rings. The van der Waals surface area contributed by atoms with Gasteiger partial charge in [-0.15, -0.1) is 0 Å². The molecule has 1 atom stereocenters. The van der Waals surface area contributed by atoms with Gasteiger partial charge in [0.05, 0.1) is 0 Å². The Morgan fingerprint density at radius 3 is 2.00 bits per heavy atom. The van der Waals surface area contributed by atoms with E-state index in [0.717, 1.165) is 12.6 Å². The lowest BCUT2D eigenvalue weighted by Gasteiger charge is -2.22. The van der Waals surface area contributed by atoms with Crippen molar-refractivity contribution in [1.29, 1.82) is 0 Å². The van der Waals surface area contributed by atoms with E-state index in [4.69, 9.17) is 0 Å². The summed E-state index contributed by atoms with van der Waals surface area (Å²) in [6.45, 7) is 10.3. The van der Waals surface area contributed by atoms with Gasteiger partial charge in [0.25, 0.3) is 0 Å². The highest BCUT2D eigenvalue weighted by Crippen LogP contribution is 2.27. The lowest BCUT2D eigenvalue weighted by molar-refractivity contribution is 0.460. The van der Waals surface area contributed by atoms with E-state index < -0.39 is 0 Å². The van der Waals surface area contributed by atoms with E-state index in [2.05, 4.69) is 57.3 Å². The predicted molar refractivity (Wildman–Crippen MR) is 79.1 cm³/mol. The molecule has 1 unspecified atom stereocenters. The zero-order valence-corrected chi connectivity index (χ0v) is 12.2. The van der Waals surface area contributed by atoms with Crippen molar-refractivity contribution in [3.8, 4) is 0 Å².